The van der Waals surface area contributed by atoms with Crippen LogP contribution in [0.2, 0.25) is 0 Å². The Kier molecular flexibility index (Phi) is 5.64. The number of ether oxygens (including phenoxy) is 1. The van der Waals surface area contributed by atoms with Gasteiger partial charge in [-0.15, -0.1) is 0 Å². The third-order valence-corrected chi connectivity index (χ3v) is 4.30. The molecule has 0 saturated heterocycles. The van der Waals surface area contributed by atoms with Gasteiger partial charge in [-0.1, -0.05) is 73.7 Å². The van der Waals surface area contributed by atoms with Crippen LogP contribution in [0.15, 0.2) is 72.8 Å². The van der Waals surface area contributed by atoms with Gasteiger partial charge < -0.3 is 10.1 Å². The second-order valence-electron chi connectivity index (χ2n) is 6.05. The van der Waals surface area contributed by atoms with E-state index in [1.165, 1.54) is 0 Å². The van der Waals surface area contributed by atoms with E-state index in [9.17, 15) is 9.59 Å². The molecule has 0 heterocycles. The molecule has 0 aliphatic heterocycles. The summed E-state index contributed by atoms with van der Waals surface area (Å²) in [6.45, 7) is 1.63. The molecule has 0 aromatic heterocycles. The van der Waals surface area contributed by atoms with Crippen molar-refractivity contribution in [1.29, 1.82) is 0 Å². The molecular weight excluding hydrogens is 326 g/mol. The van der Waals surface area contributed by atoms with Crippen LogP contribution in [-0.4, -0.2) is 18.5 Å². The largest absolute Gasteiger partial charge is 0.455 e. The Morgan fingerprint density at radius 2 is 1.62 bits per heavy atom. The standard InChI is InChI=1S/C22H21NO3/c1-2-18(16-9-4-3-5-10-16)22(25)26-15-21(24)23-20-14-8-12-17-11-6-7-13-19(17)20/h3-14,18H,2,15H2,1H3,(H,23,24)/t18-/m1/s1. The lowest BCUT2D eigenvalue weighted by molar-refractivity contribution is -0.149. The lowest BCUT2D eigenvalue weighted by Gasteiger charge is -2.15. The molecule has 132 valence electrons. The Balaban J connectivity index is 1.62. The number of hydrogen-bond acceptors (Lipinski definition) is 3. The Morgan fingerprint density at radius 1 is 0.923 bits per heavy atom. The van der Waals surface area contributed by atoms with Crippen molar-refractivity contribution in [2.45, 2.75) is 19.3 Å². The number of amides is 1. The van der Waals surface area contributed by atoms with Crippen LogP contribution >= 0.6 is 0 Å². The zero-order chi connectivity index (χ0) is 18.4. The molecule has 0 aliphatic carbocycles. The molecule has 0 unspecified atom stereocenters. The van der Waals surface area contributed by atoms with Gasteiger partial charge in [0.15, 0.2) is 6.61 Å². The van der Waals surface area contributed by atoms with E-state index in [1.54, 1.807) is 0 Å². The minimum Gasteiger partial charge on any atom is -0.455 e. The van der Waals surface area contributed by atoms with Crippen LogP contribution in [0.5, 0.6) is 0 Å². The van der Waals surface area contributed by atoms with E-state index < -0.39 is 0 Å². The number of esters is 1. The van der Waals surface area contributed by atoms with Crippen LogP contribution < -0.4 is 5.32 Å². The number of rotatable bonds is 6. The van der Waals surface area contributed by atoms with Crippen molar-refractivity contribution in [3.63, 3.8) is 0 Å². The van der Waals surface area contributed by atoms with Crippen molar-refractivity contribution in [3.05, 3.63) is 78.4 Å². The van der Waals surface area contributed by atoms with Crippen molar-refractivity contribution < 1.29 is 14.3 Å². The zero-order valence-corrected chi connectivity index (χ0v) is 14.6. The molecule has 0 fully saturated rings. The third-order valence-electron chi connectivity index (χ3n) is 4.30. The van der Waals surface area contributed by atoms with Gasteiger partial charge in [-0.05, 0) is 23.4 Å². The molecule has 0 bridgehead atoms. The molecule has 1 amide bonds. The lowest BCUT2D eigenvalue weighted by Crippen LogP contribution is -2.24. The summed E-state index contributed by atoms with van der Waals surface area (Å²) < 4.78 is 5.24. The average Bonchev–Trinajstić information content (AvgIpc) is 2.68. The molecule has 4 heteroatoms. The smallest absolute Gasteiger partial charge is 0.313 e. The molecule has 4 nitrogen and oxygen atoms in total. The van der Waals surface area contributed by atoms with Gasteiger partial charge in [0, 0.05) is 11.1 Å². The van der Waals surface area contributed by atoms with Gasteiger partial charge in [-0.25, -0.2) is 0 Å². The van der Waals surface area contributed by atoms with E-state index in [0.29, 0.717) is 12.1 Å². The molecule has 26 heavy (non-hydrogen) atoms. The molecule has 3 aromatic carbocycles. The normalized spacial score (nSPS) is 11.7. The van der Waals surface area contributed by atoms with Crippen molar-refractivity contribution in [2.24, 2.45) is 0 Å². The molecule has 3 aromatic rings. The first-order chi connectivity index (χ1) is 12.7. The predicted molar refractivity (Wildman–Crippen MR) is 103 cm³/mol. The van der Waals surface area contributed by atoms with Crippen LogP contribution in [0, 0.1) is 0 Å². The van der Waals surface area contributed by atoms with E-state index in [4.69, 9.17) is 4.74 Å². The first kappa shape index (κ1) is 17.7. The SMILES string of the molecule is CC[C@@H](C(=O)OCC(=O)Nc1cccc2ccccc12)c1ccccc1. The van der Waals surface area contributed by atoms with E-state index in [1.807, 2.05) is 79.7 Å². The Morgan fingerprint density at radius 3 is 2.38 bits per heavy atom. The summed E-state index contributed by atoms with van der Waals surface area (Å²) in [6, 6.07) is 23.0. The van der Waals surface area contributed by atoms with Gasteiger partial charge in [-0.3, -0.25) is 9.59 Å². The number of fused-ring (bicyclic) bond motifs is 1. The summed E-state index contributed by atoms with van der Waals surface area (Å²) in [5.41, 5.74) is 1.61. The molecule has 0 spiro atoms. The van der Waals surface area contributed by atoms with Crippen LogP contribution in [0.4, 0.5) is 5.69 Å². The van der Waals surface area contributed by atoms with Gasteiger partial charge >= 0.3 is 5.97 Å². The first-order valence-corrected chi connectivity index (χ1v) is 8.68. The topological polar surface area (TPSA) is 55.4 Å². The van der Waals surface area contributed by atoms with Gasteiger partial charge in [0.2, 0.25) is 0 Å². The molecule has 1 N–H and O–H groups in total. The molecule has 1 atom stereocenters. The summed E-state index contributed by atoms with van der Waals surface area (Å²) in [7, 11) is 0. The van der Waals surface area contributed by atoms with Crippen LogP contribution in [0.25, 0.3) is 10.8 Å². The third kappa shape index (κ3) is 4.09. The fraction of sp³-hybridized carbons (Fsp3) is 0.182. The van der Waals surface area contributed by atoms with E-state index in [0.717, 1.165) is 16.3 Å². The van der Waals surface area contributed by atoms with E-state index in [2.05, 4.69) is 5.32 Å². The maximum absolute atomic E-state index is 12.3. The van der Waals surface area contributed by atoms with E-state index in [-0.39, 0.29) is 24.4 Å². The maximum Gasteiger partial charge on any atom is 0.313 e. The zero-order valence-electron chi connectivity index (χ0n) is 14.6. The lowest BCUT2D eigenvalue weighted by atomic mass is 9.97. The highest BCUT2D eigenvalue weighted by Gasteiger charge is 2.21. The summed E-state index contributed by atoms with van der Waals surface area (Å²) in [4.78, 5) is 24.6. The fourth-order valence-electron chi connectivity index (χ4n) is 2.98. The van der Waals surface area contributed by atoms with Gasteiger partial charge in [0.1, 0.15) is 0 Å². The number of anilines is 1. The number of carbonyl (C=O) groups excluding carboxylic acids is 2. The van der Waals surface area contributed by atoms with Crippen LogP contribution in [0.1, 0.15) is 24.8 Å². The average molecular weight is 347 g/mol. The molecule has 3 rings (SSSR count). The minimum absolute atomic E-state index is 0.300. The van der Waals surface area contributed by atoms with Crippen molar-refractivity contribution in [3.8, 4) is 0 Å². The second kappa shape index (κ2) is 8.30. The monoisotopic (exact) mass is 347 g/mol. The Bertz CT molecular complexity index is 900. The highest BCUT2D eigenvalue weighted by molar-refractivity contribution is 6.02. The van der Waals surface area contributed by atoms with Gasteiger partial charge in [0.25, 0.3) is 5.91 Å². The Labute approximate surface area is 152 Å². The number of carbonyl (C=O) groups is 2. The Hall–Kier alpha value is -3.14. The first-order valence-electron chi connectivity index (χ1n) is 8.68. The highest BCUT2D eigenvalue weighted by Crippen LogP contribution is 2.23. The molecular formula is C22H21NO3. The van der Waals surface area contributed by atoms with Crippen molar-refractivity contribution in [2.75, 3.05) is 11.9 Å². The summed E-state index contributed by atoms with van der Waals surface area (Å²) in [5.74, 6) is -1.09. The number of hydrogen-bond donors (Lipinski definition) is 1. The minimum atomic E-state index is -0.383. The summed E-state index contributed by atoms with van der Waals surface area (Å²) >= 11 is 0. The van der Waals surface area contributed by atoms with Gasteiger partial charge in [0.05, 0.1) is 5.92 Å². The molecule has 0 aliphatic rings. The second-order valence-corrected chi connectivity index (χ2v) is 6.05. The number of benzene rings is 3. The summed E-state index contributed by atoms with van der Waals surface area (Å²) in [5, 5.41) is 4.81. The molecule has 0 saturated carbocycles. The fourth-order valence-corrected chi connectivity index (χ4v) is 2.98. The van der Waals surface area contributed by atoms with Crippen molar-refractivity contribution in [1.82, 2.24) is 0 Å². The van der Waals surface area contributed by atoms with Crippen LogP contribution in [-0.2, 0) is 14.3 Å². The van der Waals surface area contributed by atoms with Gasteiger partial charge in [-0.2, -0.15) is 0 Å². The highest BCUT2D eigenvalue weighted by atomic mass is 16.5. The maximum atomic E-state index is 12.3. The van der Waals surface area contributed by atoms with Crippen molar-refractivity contribution >= 4 is 28.3 Å². The van der Waals surface area contributed by atoms with E-state index >= 15 is 0 Å². The number of nitrogens with one attached hydrogen (secondary N) is 1. The predicted octanol–water partition coefficient (Wildman–Crippen LogP) is 4.52. The molecule has 0 radical (unpaired) electrons. The summed E-state index contributed by atoms with van der Waals surface area (Å²) in [6.07, 6.45) is 0.619. The quantitative estimate of drug-likeness (QED) is 0.667. The van der Waals surface area contributed by atoms with Crippen LogP contribution in [0.3, 0.4) is 0 Å².